The van der Waals surface area contributed by atoms with E-state index in [9.17, 15) is 4.39 Å². The van der Waals surface area contributed by atoms with Crippen molar-refractivity contribution < 1.29 is 9.23 Å². The first-order chi connectivity index (χ1) is 7.65. The summed E-state index contributed by atoms with van der Waals surface area (Å²) in [6, 6.07) is 5.24. The van der Waals surface area contributed by atoms with Crippen LogP contribution in [0, 0.1) is 5.82 Å². The molecule has 0 aliphatic rings. The van der Waals surface area contributed by atoms with Crippen LogP contribution in [0.4, 0.5) is 4.39 Å². The molecule has 0 saturated heterocycles. The first kappa shape index (κ1) is 11.1. The molecule has 0 radical (unpaired) electrons. The minimum atomic E-state index is -0.213. The molecule has 1 heterocycles. The highest BCUT2D eigenvalue weighted by molar-refractivity contribution is 5.84. The van der Waals surface area contributed by atoms with Crippen molar-refractivity contribution in [1.29, 1.82) is 0 Å². The Hall–Kier alpha value is -1.39. The highest BCUT2D eigenvalue weighted by Gasteiger charge is 2.13. The number of hydrogen-bond acceptors (Lipinski definition) is 2. The molecule has 2 rings (SSSR count). The lowest BCUT2D eigenvalue weighted by molar-refractivity contribution is 0.125. The van der Waals surface area contributed by atoms with Crippen LogP contribution >= 0.6 is 0 Å². The summed E-state index contributed by atoms with van der Waals surface area (Å²) < 4.78 is 15.7. The molecule has 3 nitrogen and oxygen atoms in total. The summed E-state index contributed by atoms with van der Waals surface area (Å²) >= 11 is 0. The second-order valence-electron chi connectivity index (χ2n) is 4.10. The maximum atomic E-state index is 13.8. The van der Waals surface area contributed by atoms with Gasteiger partial charge in [0.1, 0.15) is 5.82 Å². The molecule has 4 heteroatoms. The Morgan fingerprint density at radius 2 is 2.19 bits per heavy atom. The van der Waals surface area contributed by atoms with E-state index < -0.39 is 0 Å². The number of halogens is 1. The van der Waals surface area contributed by atoms with Crippen molar-refractivity contribution in [2.75, 3.05) is 0 Å². The van der Waals surface area contributed by atoms with E-state index in [0.29, 0.717) is 12.1 Å². The molecule has 1 aromatic heterocycles. The number of benzene rings is 1. The molecule has 86 valence electrons. The molecule has 0 aliphatic heterocycles. The van der Waals surface area contributed by atoms with Crippen LogP contribution in [-0.4, -0.2) is 4.57 Å². The van der Waals surface area contributed by atoms with E-state index in [4.69, 9.17) is 5.90 Å². The van der Waals surface area contributed by atoms with Gasteiger partial charge in [-0.15, -0.1) is 0 Å². The summed E-state index contributed by atoms with van der Waals surface area (Å²) in [5, 5.41) is 0.860. The summed E-state index contributed by atoms with van der Waals surface area (Å²) in [5.41, 5.74) is 1.52. The maximum absolute atomic E-state index is 13.8. The third kappa shape index (κ3) is 1.70. The largest absolute Gasteiger partial charge is 0.342 e. The molecule has 0 fully saturated rings. The molecule has 0 spiro atoms. The van der Waals surface area contributed by atoms with E-state index in [0.717, 1.165) is 10.9 Å². The Kier molecular flexibility index (Phi) is 2.94. The standard InChI is InChI=1S/C12H15FN2O/c1-8(2)15-6-9(7-16-14)10-4-3-5-11(13)12(10)15/h3-6,8H,7,14H2,1-2H3. The van der Waals surface area contributed by atoms with Gasteiger partial charge in [0.15, 0.2) is 0 Å². The molecule has 2 aromatic rings. The molecule has 0 bridgehead atoms. The van der Waals surface area contributed by atoms with Crippen LogP contribution in [0.15, 0.2) is 24.4 Å². The lowest BCUT2D eigenvalue weighted by Gasteiger charge is -2.09. The predicted octanol–water partition coefficient (Wildman–Crippen LogP) is 2.75. The molecule has 0 aliphatic carbocycles. The van der Waals surface area contributed by atoms with Gasteiger partial charge in [0.25, 0.3) is 0 Å². The van der Waals surface area contributed by atoms with Crippen molar-refractivity contribution in [1.82, 2.24) is 4.57 Å². The number of nitrogens with two attached hydrogens (primary N) is 1. The molecule has 16 heavy (non-hydrogen) atoms. The lowest BCUT2D eigenvalue weighted by atomic mass is 10.2. The highest BCUT2D eigenvalue weighted by Crippen LogP contribution is 2.27. The monoisotopic (exact) mass is 222 g/mol. The molecular formula is C12H15FN2O. The molecule has 0 unspecified atom stereocenters. The van der Waals surface area contributed by atoms with E-state index in [1.54, 1.807) is 6.07 Å². The van der Waals surface area contributed by atoms with Gasteiger partial charge in [0.2, 0.25) is 0 Å². The van der Waals surface area contributed by atoms with Crippen LogP contribution in [0.25, 0.3) is 10.9 Å². The zero-order valence-corrected chi connectivity index (χ0v) is 9.40. The van der Waals surface area contributed by atoms with Crippen molar-refractivity contribution >= 4 is 10.9 Å². The summed E-state index contributed by atoms with van der Waals surface area (Å²) in [7, 11) is 0. The SMILES string of the molecule is CC(C)n1cc(CON)c2cccc(F)c21. The van der Waals surface area contributed by atoms with Crippen molar-refractivity contribution in [3.05, 3.63) is 35.8 Å². The van der Waals surface area contributed by atoms with Crippen molar-refractivity contribution in [2.45, 2.75) is 26.5 Å². The molecule has 0 atom stereocenters. The van der Waals surface area contributed by atoms with Gasteiger partial charge in [-0.05, 0) is 19.9 Å². The number of aromatic nitrogens is 1. The van der Waals surface area contributed by atoms with E-state index in [-0.39, 0.29) is 11.9 Å². The van der Waals surface area contributed by atoms with Crippen LogP contribution in [0.3, 0.4) is 0 Å². The molecule has 1 aromatic carbocycles. The number of hydrogen-bond donors (Lipinski definition) is 1. The topological polar surface area (TPSA) is 40.2 Å². The van der Waals surface area contributed by atoms with Crippen LogP contribution < -0.4 is 5.90 Å². The minimum Gasteiger partial charge on any atom is -0.342 e. The van der Waals surface area contributed by atoms with E-state index in [2.05, 4.69) is 4.84 Å². The predicted molar refractivity (Wildman–Crippen MR) is 61.3 cm³/mol. The first-order valence-electron chi connectivity index (χ1n) is 5.24. The Morgan fingerprint density at radius 3 is 2.81 bits per heavy atom. The second kappa shape index (κ2) is 4.23. The third-order valence-corrected chi connectivity index (χ3v) is 2.68. The third-order valence-electron chi connectivity index (χ3n) is 2.68. The number of nitrogens with zero attached hydrogens (tertiary/aromatic N) is 1. The Morgan fingerprint density at radius 1 is 1.44 bits per heavy atom. The Labute approximate surface area is 93.6 Å². The summed E-state index contributed by atoms with van der Waals surface area (Å²) in [6.45, 7) is 4.32. The maximum Gasteiger partial charge on any atom is 0.147 e. The summed E-state index contributed by atoms with van der Waals surface area (Å²) in [6.07, 6.45) is 1.89. The smallest absolute Gasteiger partial charge is 0.147 e. The number of para-hydroxylation sites is 1. The molecule has 0 amide bonds. The molecule has 2 N–H and O–H groups in total. The van der Waals surface area contributed by atoms with Crippen molar-refractivity contribution in [3.63, 3.8) is 0 Å². The normalized spacial score (nSPS) is 11.6. The van der Waals surface area contributed by atoms with Gasteiger partial charge in [0.05, 0.1) is 12.1 Å². The van der Waals surface area contributed by atoms with Crippen molar-refractivity contribution in [2.24, 2.45) is 5.90 Å². The second-order valence-corrected chi connectivity index (χ2v) is 4.10. The fourth-order valence-corrected chi connectivity index (χ4v) is 1.95. The van der Waals surface area contributed by atoms with Crippen LogP contribution in [0.5, 0.6) is 0 Å². The van der Waals surface area contributed by atoms with Gasteiger partial charge in [-0.1, -0.05) is 12.1 Å². The van der Waals surface area contributed by atoms with Crippen LogP contribution in [0.1, 0.15) is 25.5 Å². The van der Waals surface area contributed by atoms with E-state index in [1.807, 2.05) is 30.7 Å². The van der Waals surface area contributed by atoms with Gasteiger partial charge in [0, 0.05) is 23.2 Å². The van der Waals surface area contributed by atoms with Crippen LogP contribution in [-0.2, 0) is 11.4 Å². The zero-order chi connectivity index (χ0) is 11.7. The van der Waals surface area contributed by atoms with Gasteiger partial charge in [-0.25, -0.2) is 10.3 Å². The number of fused-ring (bicyclic) bond motifs is 1. The van der Waals surface area contributed by atoms with Gasteiger partial charge in [-0.2, -0.15) is 0 Å². The summed E-state index contributed by atoms with van der Waals surface area (Å²) in [5.74, 6) is 4.86. The minimum absolute atomic E-state index is 0.200. The summed E-state index contributed by atoms with van der Waals surface area (Å²) in [4.78, 5) is 4.63. The van der Waals surface area contributed by atoms with E-state index >= 15 is 0 Å². The average molecular weight is 222 g/mol. The Balaban J connectivity index is 2.71. The quantitative estimate of drug-likeness (QED) is 0.811. The first-order valence-corrected chi connectivity index (χ1v) is 5.24. The van der Waals surface area contributed by atoms with Gasteiger partial charge >= 0.3 is 0 Å². The fourth-order valence-electron chi connectivity index (χ4n) is 1.95. The van der Waals surface area contributed by atoms with Crippen LogP contribution in [0.2, 0.25) is 0 Å². The van der Waals surface area contributed by atoms with E-state index in [1.165, 1.54) is 6.07 Å². The number of rotatable bonds is 3. The van der Waals surface area contributed by atoms with Gasteiger partial charge in [-0.3, -0.25) is 4.84 Å². The van der Waals surface area contributed by atoms with Crippen molar-refractivity contribution in [3.8, 4) is 0 Å². The lowest BCUT2D eigenvalue weighted by Crippen LogP contribution is -2.00. The Bertz CT molecular complexity index is 505. The fraction of sp³-hybridized carbons (Fsp3) is 0.333. The van der Waals surface area contributed by atoms with Gasteiger partial charge < -0.3 is 4.57 Å². The average Bonchev–Trinajstić information content (AvgIpc) is 2.60. The molecular weight excluding hydrogens is 207 g/mol. The molecule has 0 saturated carbocycles. The zero-order valence-electron chi connectivity index (χ0n) is 9.40. The highest BCUT2D eigenvalue weighted by atomic mass is 19.1.